The van der Waals surface area contributed by atoms with E-state index in [9.17, 15) is 4.79 Å². The molecule has 0 spiro atoms. The van der Waals surface area contributed by atoms with Gasteiger partial charge in [-0.25, -0.2) is 4.79 Å². The molecule has 6 heteroatoms. The molecule has 5 nitrogen and oxygen atoms in total. The third kappa shape index (κ3) is 3.79. The highest BCUT2D eigenvalue weighted by Crippen LogP contribution is 2.24. The molecule has 1 heterocycles. The van der Waals surface area contributed by atoms with Crippen molar-refractivity contribution in [1.82, 2.24) is 15.8 Å². The van der Waals surface area contributed by atoms with Crippen molar-refractivity contribution in [2.75, 3.05) is 27.2 Å². The van der Waals surface area contributed by atoms with Crippen LogP contribution in [0.4, 0.5) is 0 Å². The van der Waals surface area contributed by atoms with Crippen LogP contribution in [0.1, 0.15) is 18.0 Å². The number of benzene rings is 1. The van der Waals surface area contributed by atoms with Crippen LogP contribution in [0.2, 0.25) is 0 Å². The van der Waals surface area contributed by atoms with Crippen LogP contribution in [-0.4, -0.2) is 44.2 Å². The summed E-state index contributed by atoms with van der Waals surface area (Å²) in [6, 6.07) is 7.74. The Balaban J connectivity index is 2.16. The van der Waals surface area contributed by atoms with Crippen LogP contribution < -0.4 is 10.9 Å². The molecule has 0 aromatic heterocycles. The number of methoxy groups -OCH3 is 1. The average molecular weight is 342 g/mol. The summed E-state index contributed by atoms with van der Waals surface area (Å²) in [7, 11) is 3.37. The van der Waals surface area contributed by atoms with Gasteiger partial charge in [-0.2, -0.15) is 0 Å². The van der Waals surface area contributed by atoms with E-state index in [1.165, 1.54) is 7.11 Å². The monoisotopic (exact) mass is 341 g/mol. The summed E-state index contributed by atoms with van der Waals surface area (Å²) in [5.41, 5.74) is 7.25. The molecular formula is C14H20BrN3O2. The van der Waals surface area contributed by atoms with Gasteiger partial charge < -0.3 is 4.74 Å². The Morgan fingerprint density at radius 3 is 3.00 bits per heavy atom. The minimum Gasteiger partial charge on any atom is -0.468 e. The normalized spacial score (nSPS) is 20.1. The number of likely N-dealkylation sites (N-methyl/N-ethyl adjacent to an activating group) is 1. The van der Waals surface area contributed by atoms with Gasteiger partial charge in [-0.3, -0.25) is 15.8 Å². The summed E-state index contributed by atoms with van der Waals surface area (Å²) in [5, 5.41) is 0. The van der Waals surface area contributed by atoms with Crippen molar-refractivity contribution >= 4 is 21.9 Å². The lowest BCUT2D eigenvalue weighted by Crippen LogP contribution is -2.42. The number of hydrogen-bond acceptors (Lipinski definition) is 5. The number of carbonyl (C=O) groups excluding carboxylic acids is 1. The van der Waals surface area contributed by atoms with E-state index in [4.69, 9.17) is 4.74 Å². The van der Waals surface area contributed by atoms with Crippen molar-refractivity contribution in [2.45, 2.75) is 18.5 Å². The Kier molecular flexibility index (Phi) is 5.54. The van der Waals surface area contributed by atoms with E-state index in [0.717, 1.165) is 29.5 Å². The molecule has 0 bridgehead atoms. The number of hydrogen-bond donors (Lipinski definition) is 2. The van der Waals surface area contributed by atoms with Crippen molar-refractivity contribution in [3.8, 4) is 0 Å². The second kappa shape index (κ2) is 7.17. The fraction of sp³-hybridized carbons (Fsp3) is 0.500. The fourth-order valence-corrected chi connectivity index (χ4v) is 2.90. The van der Waals surface area contributed by atoms with Crippen molar-refractivity contribution in [2.24, 2.45) is 0 Å². The smallest absolute Gasteiger partial charge is 0.327 e. The Morgan fingerprint density at radius 1 is 1.60 bits per heavy atom. The number of rotatable bonds is 5. The zero-order valence-corrected chi connectivity index (χ0v) is 13.3. The van der Waals surface area contributed by atoms with Crippen molar-refractivity contribution < 1.29 is 9.53 Å². The Bertz CT molecular complexity index is 463. The van der Waals surface area contributed by atoms with Crippen molar-refractivity contribution in [3.63, 3.8) is 0 Å². The highest BCUT2D eigenvalue weighted by atomic mass is 79.9. The molecule has 1 aromatic rings. The molecule has 2 atom stereocenters. The summed E-state index contributed by atoms with van der Waals surface area (Å²) in [4.78, 5) is 14.1. The lowest BCUT2D eigenvalue weighted by atomic mass is 10.0. The average Bonchev–Trinajstić information content (AvgIpc) is 2.91. The van der Waals surface area contributed by atoms with Gasteiger partial charge >= 0.3 is 5.97 Å². The highest BCUT2D eigenvalue weighted by molar-refractivity contribution is 9.10. The maximum absolute atomic E-state index is 12.1. The number of ether oxygens (including phenoxy) is 1. The maximum Gasteiger partial charge on any atom is 0.327 e. The predicted octanol–water partition coefficient (Wildman–Crippen LogP) is 1.46. The molecule has 0 saturated carbocycles. The van der Waals surface area contributed by atoms with E-state index in [-0.39, 0.29) is 12.0 Å². The summed E-state index contributed by atoms with van der Waals surface area (Å²) in [6.07, 6.45) is 1.05. The molecule has 0 aliphatic carbocycles. The van der Waals surface area contributed by atoms with Gasteiger partial charge in [-0.05, 0) is 31.2 Å². The van der Waals surface area contributed by atoms with Gasteiger partial charge in [-0.15, -0.1) is 0 Å². The molecule has 2 N–H and O–H groups in total. The second-order valence-electron chi connectivity index (χ2n) is 4.98. The molecule has 1 aliphatic rings. The topological polar surface area (TPSA) is 53.6 Å². The van der Waals surface area contributed by atoms with Crippen molar-refractivity contribution in [3.05, 3.63) is 34.3 Å². The van der Waals surface area contributed by atoms with E-state index >= 15 is 0 Å². The van der Waals surface area contributed by atoms with Gasteiger partial charge in [0.05, 0.1) is 7.11 Å². The number of nitrogens with zero attached hydrogens (tertiary/aromatic N) is 1. The molecule has 2 unspecified atom stereocenters. The van der Waals surface area contributed by atoms with Crippen LogP contribution in [0.25, 0.3) is 0 Å². The quantitative estimate of drug-likeness (QED) is 0.794. The third-order valence-corrected chi connectivity index (χ3v) is 3.96. The number of nitrogens with one attached hydrogen (secondary N) is 2. The minimum absolute atomic E-state index is 0.239. The zero-order chi connectivity index (χ0) is 14.5. The first-order chi connectivity index (χ1) is 9.61. The molecule has 0 amide bonds. The molecule has 20 heavy (non-hydrogen) atoms. The Hall–Kier alpha value is -0.950. The maximum atomic E-state index is 12.1. The van der Waals surface area contributed by atoms with Crippen molar-refractivity contribution in [1.29, 1.82) is 0 Å². The molecule has 110 valence electrons. The van der Waals surface area contributed by atoms with Crippen LogP contribution >= 0.6 is 15.9 Å². The second-order valence-corrected chi connectivity index (χ2v) is 5.89. The fourth-order valence-electron chi connectivity index (χ4n) is 2.48. The first-order valence-corrected chi connectivity index (χ1v) is 7.43. The van der Waals surface area contributed by atoms with E-state index < -0.39 is 0 Å². The Labute approximate surface area is 127 Å². The Morgan fingerprint density at radius 2 is 2.40 bits per heavy atom. The van der Waals surface area contributed by atoms with Gasteiger partial charge in [0.25, 0.3) is 0 Å². The molecule has 1 aliphatic heterocycles. The van der Waals surface area contributed by atoms with E-state index in [2.05, 4.69) is 26.8 Å². The van der Waals surface area contributed by atoms with E-state index in [0.29, 0.717) is 6.04 Å². The minimum atomic E-state index is -0.389. The van der Waals surface area contributed by atoms with Crippen LogP contribution in [0.5, 0.6) is 0 Å². The van der Waals surface area contributed by atoms with Crippen LogP contribution in [-0.2, 0) is 9.53 Å². The zero-order valence-electron chi connectivity index (χ0n) is 11.7. The molecule has 1 aromatic carbocycles. The van der Waals surface area contributed by atoms with Gasteiger partial charge in [-0.1, -0.05) is 28.1 Å². The van der Waals surface area contributed by atoms with Gasteiger partial charge in [0.1, 0.15) is 6.04 Å². The molecule has 2 rings (SSSR count). The first-order valence-electron chi connectivity index (χ1n) is 6.63. The number of hydrazine groups is 1. The summed E-state index contributed by atoms with van der Waals surface area (Å²) < 4.78 is 5.92. The highest BCUT2D eigenvalue weighted by Gasteiger charge is 2.28. The summed E-state index contributed by atoms with van der Waals surface area (Å²) in [5.74, 6) is -0.239. The summed E-state index contributed by atoms with van der Waals surface area (Å²) >= 11 is 3.45. The van der Waals surface area contributed by atoms with Crippen LogP contribution in [0, 0.1) is 0 Å². The number of esters is 1. The van der Waals surface area contributed by atoms with Gasteiger partial charge in [0.15, 0.2) is 0 Å². The lowest BCUT2D eigenvalue weighted by molar-refractivity contribution is -0.146. The number of halogens is 1. The molecule has 0 radical (unpaired) electrons. The third-order valence-electron chi connectivity index (χ3n) is 3.46. The lowest BCUT2D eigenvalue weighted by Gasteiger charge is -2.28. The standard InChI is InChI=1S/C14H20BrN3O2/c1-18(9-12-6-7-16-17-12)13(14(19)20-2)10-4-3-5-11(15)8-10/h3-5,8,12-13,16-17H,6-7,9H2,1-2H3. The van der Waals surface area contributed by atoms with Gasteiger partial charge in [0.2, 0.25) is 0 Å². The first kappa shape index (κ1) is 15.4. The number of carbonyl (C=O) groups is 1. The SMILES string of the molecule is COC(=O)C(c1cccc(Br)c1)N(C)CC1CCNN1. The predicted molar refractivity (Wildman–Crippen MR) is 81.1 cm³/mol. The molecular weight excluding hydrogens is 322 g/mol. The summed E-state index contributed by atoms with van der Waals surface area (Å²) in [6.45, 7) is 1.73. The van der Waals surface area contributed by atoms with E-state index in [1.54, 1.807) is 0 Å². The largest absolute Gasteiger partial charge is 0.468 e. The molecule has 1 fully saturated rings. The molecule has 1 saturated heterocycles. The van der Waals surface area contributed by atoms with E-state index in [1.807, 2.05) is 36.2 Å². The van der Waals surface area contributed by atoms with Crippen LogP contribution in [0.15, 0.2) is 28.7 Å². The van der Waals surface area contributed by atoms with Crippen LogP contribution in [0.3, 0.4) is 0 Å². The van der Waals surface area contributed by atoms with Gasteiger partial charge in [0, 0.05) is 23.6 Å².